The average Bonchev–Trinajstić information content (AvgIpc) is 3.05. The van der Waals surface area contributed by atoms with Crippen LogP contribution < -0.4 is 4.74 Å². The number of hydrogen-bond donors (Lipinski definition) is 1. The van der Waals surface area contributed by atoms with Gasteiger partial charge >= 0.3 is 0 Å². The van der Waals surface area contributed by atoms with E-state index in [1.807, 2.05) is 48.5 Å². The van der Waals surface area contributed by atoms with Crippen LogP contribution in [0.25, 0.3) is 10.9 Å². The van der Waals surface area contributed by atoms with Crippen molar-refractivity contribution in [2.24, 2.45) is 0 Å². The van der Waals surface area contributed by atoms with E-state index < -0.39 is 10.0 Å². The van der Waals surface area contributed by atoms with Crippen molar-refractivity contribution >= 4 is 20.9 Å². The molecule has 27 heavy (non-hydrogen) atoms. The monoisotopic (exact) mass is 384 g/mol. The Balaban J connectivity index is 1.49. The predicted octanol–water partition coefficient (Wildman–Crippen LogP) is 3.50. The van der Waals surface area contributed by atoms with Gasteiger partial charge in [-0.25, -0.2) is 8.42 Å². The van der Waals surface area contributed by atoms with Gasteiger partial charge in [-0.2, -0.15) is 4.31 Å². The van der Waals surface area contributed by atoms with Crippen LogP contribution in [0.5, 0.6) is 5.75 Å². The maximum absolute atomic E-state index is 12.9. The van der Waals surface area contributed by atoms with Crippen molar-refractivity contribution in [1.82, 2.24) is 9.29 Å². The van der Waals surface area contributed by atoms with E-state index in [2.05, 4.69) is 4.98 Å². The summed E-state index contributed by atoms with van der Waals surface area (Å²) in [7, 11) is -1.63. The van der Waals surface area contributed by atoms with E-state index in [0.717, 1.165) is 34.3 Å². The van der Waals surface area contributed by atoms with E-state index in [4.69, 9.17) is 4.74 Å². The first-order chi connectivity index (χ1) is 13.1. The summed E-state index contributed by atoms with van der Waals surface area (Å²) in [5, 5.41) is 1.05. The molecule has 0 amide bonds. The van der Waals surface area contributed by atoms with Gasteiger partial charge in [0.15, 0.2) is 0 Å². The van der Waals surface area contributed by atoms with E-state index in [0.29, 0.717) is 25.9 Å². The minimum atomic E-state index is -3.27. The molecule has 0 aliphatic carbocycles. The van der Waals surface area contributed by atoms with Gasteiger partial charge in [0.1, 0.15) is 5.75 Å². The third-order valence-electron chi connectivity index (χ3n) is 5.25. The highest BCUT2D eigenvalue weighted by atomic mass is 32.2. The molecule has 0 atom stereocenters. The number of aryl methyl sites for hydroxylation is 1. The van der Waals surface area contributed by atoms with Crippen LogP contribution in [0.2, 0.25) is 0 Å². The van der Waals surface area contributed by atoms with E-state index in [1.165, 1.54) is 5.56 Å². The summed E-state index contributed by atoms with van der Waals surface area (Å²) in [5.74, 6) is 0.968. The standard InChI is InChI=1S/C21H24N2O3S/c1-26-17-9-10-20-18(14-17)19-15-23(12-11-21(19)22-20)27(24,25)13-5-8-16-6-3-2-4-7-16/h2-4,6-7,9-10,14,22H,5,8,11-13,15H2,1H3. The third kappa shape index (κ3) is 3.73. The lowest BCUT2D eigenvalue weighted by atomic mass is 10.1. The average molecular weight is 385 g/mol. The Morgan fingerprint density at radius 2 is 1.96 bits per heavy atom. The molecule has 0 saturated carbocycles. The highest BCUT2D eigenvalue weighted by molar-refractivity contribution is 7.89. The van der Waals surface area contributed by atoms with Gasteiger partial charge in [-0.15, -0.1) is 0 Å². The SMILES string of the molecule is COc1ccc2[nH]c3c(c2c1)CN(S(=O)(=O)CCCc1ccccc1)CC3. The van der Waals surface area contributed by atoms with Gasteiger partial charge in [0.25, 0.3) is 0 Å². The number of benzene rings is 2. The first kappa shape index (κ1) is 18.1. The molecule has 1 aliphatic rings. The molecule has 2 aromatic carbocycles. The number of nitrogens with one attached hydrogen (secondary N) is 1. The van der Waals surface area contributed by atoms with Crippen LogP contribution >= 0.6 is 0 Å². The molecule has 3 aromatic rings. The van der Waals surface area contributed by atoms with Crippen molar-refractivity contribution in [2.45, 2.75) is 25.8 Å². The number of methoxy groups -OCH3 is 1. The first-order valence-electron chi connectivity index (χ1n) is 9.26. The van der Waals surface area contributed by atoms with E-state index in [9.17, 15) is 8.42 Å². The third-order valence-corrected chi connectivity index (χ3v) is 7.15. The van der Waals surface area contributed by atoms with Crippen molar-refractivity contribution in [3.8, 4) is 5.75 Å². The van der Waals surface area contributed by atoms with Gasteiger partial charge in [0.2, 0.25) is 10.0 Å². The smallest absolute Gasteiger partial charge is 0.214 e. The topological polar surface area (TPSA) is 62.4 Å². The van der Waals surface area contributed by atoms with Crippen molar-refractivity contribution in [3.05, 3.63) is 65.4 Å². The molecular weight excluding hydrogens is 360 g/mol. The number of sulfonamides is 1. The zero-order chi connectivity index (χ0) is 18.9. The number of aromatic nitrogens is 1. The van der Waals surface area contributed by atoms with Crippen molar-refractivity contribution in [2.75, 3.05) is 19.4 Å². The Morgan fingerprint density at radius 3 is 2.74 bits per heavy atom. The molecule has 0 saturated heterocycles. The van der Waals surface area contributed by atoms with Crippen molar-refractivity contribution in [1.29, 1.82) is 0 Å². The molecule has 5 nitrogen and oxygen atoms in total. The molecular formula is C21H24N2O3S. The van der Waals surface area contributed by atoms with E-state index in [1.54, 1.807) is 11.4 Å². The van der Waals surface area contributed by atoms with E-state index in [-0.39, 0.29) is 5.75 Å². The second-order valence-electron chi connectivity index (χ2n) is 6.98. The summed E-state index contributed by atoms with van der Waals surface area (Å²) in [6.45, 7) is 0.959. The van der Waals surface area contributed by atoms with Crippen LogP contribution in [0.15, 0.2) is 48.5 Å². The minimum Gasteiger partial charge on any atom is -0.497 e. The summed E-state index contributed by atoms with van der Waals surface area (Å²) < 4.78 is 32.7. The van der Waals surface area contributed by atoms with Gasteiger partial charge < -0.3 is 9.72 Å². The van der Waals surface area contributed by atoms with Crippen LogP contribution in [-0.4, -0.2) is 37.1 Å². The Hall–Kier alpha value is -2.31. The summed E-state index contributed by atoms with van der Waals surface area (Å²) >= 11 is 0. The molecule has 0 unspecified atom stereocenters. The normalized spacial score (nSPS) is 15.0. The molecule has 0 radical (unpaired) electrons. The fraction of sp³-hybridized carbons (Fsp3) is 0.333. The molecule has 0 bridgehead atoms. The highest BCUT2D eigenvalue weighted by Crippen LogP contribution is 2.31. The summed E-state index contributed by atoms with van der Waals surface area (Å²) in [6.07, 6.45) is 2.13. The molecule has 1 aromatic heterocycles. The Morgan fingerprint density at radius 1 is 1.15 bits per heavy atom. The highest BCUT2D eigenvalue weighted by Gasteiger charge is 2.28. The molecule has 1 N–H and O–H groups in total. The van der Waals surface area contributed by atoms with Crippen LogP contribution in [0.4, 0.5) is 0 Å². The second kappa shape index (κ2) is 7.37. The lowest BCUT2D eigenvalue weighted by Crippen LogP contribution is -2.37. The molecule has 0 fully saturated rings. The maximum Gasteiger partial charge on any atom is 0.214 e. The number of H-pyrrole nitrogens is 1. The quantitative estimate of drug-likeness (QED) is 0.708. The number of rotatable bonds is 6. The fourth-order valence-corrected chi connectivity index (χ4v) is 5.23. The summed E-state index contributed by atoms with van der Waals surface area (Å²) in [6, 6.07) is 15.9. The van der Waals surface area contributed by atoms with Gasteiger partial charge in [-0.05, 0) is 42.2 Å². The van der Waals surface area contributed by atoms with Gasteiger partial charge in [-0.3, -0.25) is 0 Å². The first-order valence-corrected chi connectivity index (χ1v) is 10.9. The maximum atomic E-state index is 12.9. The minimum absolute atomic E-state index is 0.183. The zero-order valence-electron chi connectivity index (χ0n) is 15.4. The van der Waals surface area contributed by atoms with E-state index >= 15 is 0 Å². The van der Waals surface area contributed by atoms with Gasteiger partial charge in [0, 0.05) is 36.1 Å². The van der Waals surface area contributed by atoms with Crippen molar-refractivity contribution in [3.63, 3.8) is 0 Å². The Bertz CT molecular complexity index is 1040. The predicted molar refractivity (Wildman–Crippen MR) is 108 cm³/mol. The second-order valence-corrected chi connectivity index (χ2v) is 9.07. The number of nitrogens with zero attached hydrogens (tertiary/aromatic N) is 1. The van der Waals surface area contributed by atoms with Crippen LogP contribution in [0.1, 0.15) is 23.2 Å². The molecule has 1 aliphatic heterocycles. The molecule has 6 heteroatoms. The number of ether oxygens (including phenoxy) is 1. The number of fused-ring (bicyclic) bond motifs is 3. The zero-order valence-corrected chi connectivity index (χ0v) is 16.3. The van der Waals surface area contributed by atoms with Crippen LogP contribution in [0.3, 0.4) is 0 Å². The number of hydrogen-bond acceptors (Lipinski definition) is 3. The van der Waals surface area contributed by atoms with Gasteiger partial charge in [-0.1, -0.05) is 30.3 Å². The summed E-state index contributed by atoms with van der Waals surface area (Å²) in [4.78, 5) is 3.43. The molecule has 2 heterocycles. The lowest BCUT2D eigenvalue weighted by molar-refractivity contribution is 0.390. The largest absolute Gasteiger partial charge is 0.497 e. The van der Waals surface area contributed by atoms with Gasteiger partial charge in [0.05, 0.1) is 12.9 Å². The lowest BCUT2D eigenvalue weighted by Gasteiger charge is -2.26. The number of aromatic amines is 1. The van der Waals surface area contributed by atoms with Crippen LogP contribution in [-0.2, 0) is 29.4 Å². The fourth-order valence-electron chi connectivity index (χ4n) is 3.77. The summed E-state index contributed by atoms with van der Waals surface area (Å²) in [5.41, 5.74) is 4.41. The Labute approximate surface area is 160 Å². The van der Waals surface area contributed by atoms with Crippen molar-refractivity contribution < 1.29 is 13.2 Å². The Kier molecular flexibility index (Phi) is 4.93. The molecule has 4 rings (SSSR count). The molecule has 0 spiro atoms. The molecule has 142 valence electrons. The van der Waals surface area contributed by atoms with Crippen LogP contribution in [0, 0.1) is 0 Å².